The van der Waals surface area contributed by atoms with Crippen LogP contribution in [0.25, 0.3) is 0 Å². The number of aliphatic carboxylic acids is 2. The molecule has 120 valence electrons. The first kappa shape index (κ1) is 18.2. The number of rotatable bonds is 8. The van der Waals surface area contributed by atoms with Gasteiger partial charge in [0.25, 0.3) is 0 Å². The third-order valence-electron chi connectivity index (χ3n) is 2.94. The minimum atomic E-state index is -3.66. The second-order valence-corrected chi connectivity index (χ2v) is 7.19. The minimum absolute atomic E-state index is 0.161. The van der Waals surface area contributed by atoms with Crippen molar-refractivity contribution >= 4 is 31.3 Å². The van der Waals surface area contributed by atoms with Crippen LogP contribution < -0.4 is 0 Å². The van der Waals surface area contributed by atoms with Gasteiger partial charge in [-0.2, -0.15) is 0 Å². The lowest BCUT2D eigenvalue weighted by atomic mass is 10.1. The van der Waals surface area contributed by atoms with Gasteiger partial charge in [0, 0.05) is 6.42 Å². The predicted octanol–water partition coefficient (Wildman–Crippen LogP) is 2.05. The van der Waals surface area contributed by atoms with Crippen molar-refractivity contribution < 1.29 is 29.6 Å². The van der Waals surface area contributed by atoms with Crippen molar-refractivity contribution in [3.8, 4) is 0 Å². The van der Waals surface area contributed by atoms with Crippen molar-refractivity contribution in [3.05, 3.63) is 29.8 Å². The van der Waals surface area contributed by atoms with E-state index in [1.165, 1.54) is 0 Å². The molecule has 1 atom stereocenters. The predicted molar refractivity (Wildman–Crippen MR) is 83.6 cm³/mol. The minimum Gasteiger partial charge on any atom is -0.481 e. The molecule has 0 spiro atoms. The molecule has 22 heavy (non-hydrogen) atoms. The van der Waals surface area contributed by atoms with Crippen LogP contribution in [0.5, 0.6) is 0 Å². The summed E-state index contributed by atoms with van der Waals surface area (Å²) >= 11 is 0. The number of benzene rings is 1. The average molecular weight is 328 g/mol. The Hall–Kier alpha value is -1.82. The van der Waals surface area contributed by atoms with Crippen LogP contribution in [0.4, 0.5) is 5.69 Å². The molecule has 8 heteroatoms. The maximum Gasteiger partial charge on any atom is 0.312 e. The monoisotopic (exact) mass is 328 g/mol. The van der Waals surface area contributed by atoms with Crippen LogP contribution in [-0.4, -0.2) is 44.1 Å². The summed E-state index contributed by atoms with van der Waals surface area (Å²) in [5.74, 6) is -2.54. The van der Waals surface area contributed by atoms with Gasteiger partial charge < -0.3 is 10.2 Å². The highest BCUT2D eigenvalue weighted by atomic mass is 31.2. The van der Waals surface area contributed by atoms with E-state index < -0.39 is 31.7 Å². The second-order valence-electron chi connectivity index (χ2n) is 5.02. The Morgan fingerprint density at radius 2 is 2.00 bits per heavy atom. The number of carbonyl (C=O) groups is 2. The number of carboxylic acids is 2. The Morgan fingerprint density at radius 3 is 2.55 bits per heavy atom. The Morgan fingerprint density at radius 1 is 1.32 bits per heavy atom. The molecule has 0 bridgehead atoms. The van der Waals surface area contributed by atoms with Gasteiger partial charge in [0.15, 0.2) is 0 Å². The number of aryl methyl sites for hydroxylation is 1. The molecule has 0 aliphatic carbocycles. The molecule has 1 unspecified atom stereocenters. The van der Waals surface area contributed by atoms with E-state index in [0.717, 1.165) is 11.5 Å². The highest BCUT2D eigenvalue weighted by Gasteiger charge is 2.38. The van der Waals surface area contributed by atoms with E-state index in [1.807, 2.05) is 13.0 Å². The molecule has 0 heterocycles. The Bertz CT molecular complexity index is 572. The molecule has 1 rings (SSSR count). The molecule has 0 saturated carbocycles. The SMILES string of the molecule is Cc1cccc(N=C[P+](O)(O)CC(CCC(=O)O)C(=O)O)c1. The molecular formula is C14H19NO6P+. The third kappa shape index (κ3) is 6.76. The van der Waals surface area contributed by atoms with Crippen molar-refractivity contribution in [1.82, 2.24) is 0 Å². The van der Waals surface area contributed by atoms with E-state index in [4.69, 9.17) is 10.2 Å². The summed E-state index contributed by atoms with van der Waals surface area (Å²) in [6, 6.07) is 7.06. The van der Waals surface area contributed by atoms with Crippen LogP contribution in [0, 0.1) is 12.8 Å². The van der Waals surface area contributed by atoms with Crippen molar-refractivity contribution in [2.24, 2.45) is 10.9 Å². The van der Waals surface area contributed by atoms with Gasteiger partial charge in [-0.25, -0.2) is 14.8 Å². The lowest BCUT2D eigenvalue weighted by Crippen LogP contribution is -2.21. The van der Waals surface area contributed by atoms with E-state index in [-0.39, 0.29) is 12.8 Å². The Labute approximate surface area is 128 Å². The lowest BCUT2D eigenvalue weighted by molar-refractivity contribution is -0.142. The molecule has 7 nitrogen and oxygen atoms in total. The molecule has 0 aliphatic rings. The van der Waals surface area contributed by atoms with E-state index >= 15 is 0 Å². The molecule has 0 saturated heterocycles. The van der Waals surface area contributed by atoms with Gasteiger partial charge >= 0.3 is 19.7 Å². The molecule has 0 aliphatic heterocycles. The van der Waals surface area contributed by atoms with Gasteiger partial charge in [-0.3, -0.25) is 9.59 Å². The van der Waals surface area contributed by atoms with Gasteiger partial charge in [-0.15, -0.1) is 0 Å². The third-order valence-corrected chi connectivity index (χ3v) is 4.40. The van der Waals surface area contributed by atoms with Crippen molar-refractivity contribution in [2.75, 3.05) is 6.16 Å². The Kier molecular flexibility index (Phi) is 6.61. The van der Waals surface area contributed by atoms with Crippen molar-refractivity contribution in [1.29, 1.82) is 0 Å². The zero-order chi connectivity index (χ0) is 16.8. The molecule has 4 N–H and O–H groups in total. The Balaban J connectivity index is 2.74. The molecule has 0 aromatic heterocycles. The molecule has 0 radical (unpaired) electrons. The smallest absolute Gasteiger partial charge is 0.312 e. The molecule has 0 fully saturated rings. The van der Waals surface area contributed by atoms with Crippen LogP contribution in [-0.2, 0) is 9.59 Å². The summed E-state index contributed by atoms with van der Waals surface area (Å²) in [6.07, 6.45) is -0.928. The second kappa shape index (κ2) is 7.98. The van der Waals surface area contributed by atoms with E-state index in [9.17, 15) is 19.4 Å². The molecule has 1 aromatic carbocycles. The summed E-state index contributed by atoms with van der Waals surface area (Å²) in [4.78, 5) is 45.4. The highest BCUT2D eigenvalue weighted by Crippen LogP contribution is 2.49. The fourth-order valence-electron chi connectivity index (χ4n) is 1.83. The fraction of sp³-hybridized carbons (Fsp3) is 0.357. The largest absolute Gasteiger partial charge is 0.481 e. The maximum absolute atomic E-state index is 11.1. The van der Waals surface area contributed by atoms with Crippen LogP contribution in [0.15, 0.2) is 29.3 Å². The maximum atomic E-state index is 11.1. The van der Waals surface area contributed by atoms with Gasteiger partial charge in [-0.05, 0) is 31.0 Å². The van der Waals surface area contributed by atoms with Crippen LogP contribution in [0.1, 0.15) is 18.4 Å². The lowest BCUT2D eigenvalue weighted by Gasteiger charge is -2.13. The first-order chi connectivity index (χ1) is 10.2. The normalized spacial score (nSPS) is 13.2. The average Bonchev–Trinajstić information content (AvgIpc) is 2.41. The topological polar surface area (TPSA) is 127 Å². The van der Waals surface area contributed by atoms with Crippen LogP contribution in [0.3, 0.4) is 0 Å². The zero-order valence-corrected chi connectivity index (χ0v) is 13.0. The van der Waals surface area contributed by atoms with Crippen molar-refractivity contribution in [2.45, 2.75) is 19.8 Å². The number of hydrogen-bond donors (Lipinski definition) is 4. The summed E-state index contributed by atoms with van der Waals surface area (Å²) in [6.45, 7) is 1.87. The summed E-state index contributed by atoms with van der Waals surface area (Å²) < 4.78 is 0. The highest BCUT2D eigenvalue weighted by molar-refractivity contribution is 7.79. The first-order valence-electron chi connectivity index (χ1n) is 6.59. The van der Waals surface area contributed by atoms with E-state index in [2.05, 4.69) is 4.99 Å². The fourth-order valence-corrected chi connectivity index (χ4v) is 3.23. The molecule has 1 aromatic rings. The summed E-state index contributed by atoms with van der Waals surface area (Å²) in [7, 11) is -3.66. The number of carboxylic acid groups (broad SMARTS) is 2. The van der Waals surface area contributed by atoms with E-state index in [0.29, 0.717) is 5.69 Å². The number of nitrogens with zero attached hydrogens (tertiary/aromatic N) is 1. The molecular weight excluding hydrogens is 309 g/mol. The number of aliphatic imine (C=N–C) groups is 1. The zero-order valence-electron chi connectivity index (χ0n) is 12.1. The summed E-state index contributed by atoms with van der Waals surface area (Å²) in [5, 5.41) is 17.6. The van der Waals surface area contributed by atoms with Gasteiger partial charge in [0.1, 0.15) is 6.16 Å². The first-order valence-corrected chi connectivity index (χ1v) is 8.54. The molecule has 0 amide bonds. The van der Waals surface area contributed by atoms with Gasteiger partial charge in [-0.1, -0.05) is 12.1 Å². The van der Waals surface area contributed by atoms with Crippen LogP contribution >= 0.6 is 7.72 Å². The van der Waals surface area contributed by atoms with Gasteiger partial charge in [0.2, 0.25) is 5.96 Å². The standard InChI is InChI=1S/C14H18NO6P/c1-10-3-2-4-12(7-10)15-9-22(20,21)8-11(14(18)19)5-6-13(16)17/h2-4,7,9,11,20-21H,5-6,8H2,1H3,(H-,16,17,18,19)/p+1. The number of hydrogen-bond acceptors (Lipinski definition) is 5. The quantitative estimate of drug-likeness (QED) is 0.427. The van der Waals surface area contributed by atoms with Crippen molar-refractivity contribution in [3.63, 3.8) is 0 Å². The van der Waals surface area contributed by atoms with E-state index in [1.54, 1.807) is 18.2 Å². The summed E-state index contributed by atoms with van der Waals surface area (Å²) in [5.41, 5.74) is 1.49. The van der Waals surface area contributed by atoms with Gasteiger partial charge in [0.05, 0.1) is 11.6 Å². The van der Waals surface area contributed by atoms with Crippen LogP contribution in [0.2, 0.25) is 0 Å².